The Morgan fingerprint density at radius 1 is 0.976 bits per heavy atom. The first kappa shape index (κ1) is 31.8. The van der Waals surface area contributed by atoms with Gasteiger partial charge in [-0.1, -0.05) is 53.9 Å². The van der Waals surface area contributed by atoms with Crippen LogP contribution in [0.15, 0.2) is 0 Å². The molecule has 8 heteroatoms. The summed E-state index contributed by atoms with van der Waals surface area (Å²) in [6.45, 7) is 11.3. The predicted molar refractivity (Wildman–Crippen MR) is 155 cm³/mol. The van der Waals surface area contributed by atoms with Crippen molar-refractivity contribution in [3.8, 4) is 0 Å². The molecule has 15 atom stereocenters. The van der Waals surface area contributed by atoms with Crippen LogP contribution >= 0.6 is 0 Å². The predicted octanol–water partition coefficient (Wildman–Crippen LogP) is 3.41. The fourth-order valence-corrected chi connectivity index (χ4v) is 10.5. The monoisotopic (exact) mass is 579 g/mol. The third kappa shape index (κ3) is 5.46. The van der Waals surface area contributed by atoms with E-state index in [2.05, 4.69) is 34.6 Å². The first-order chi connectivity index (χ1) is 19.3. The van der Waals surface area contributed by atoms with Gasteiger partial charge in [0.25, 0.3) is 0 Å². The zero-order chi connectivity index (χ0) is 29.9. The summed E-state index contributed by atoms with van der Waals surface area (Å²) in [5.41, 5.74) is 6.14. The smallest absolute Gasteiger partial charge is 0.176 e. The molecule has 5 aliphatic rings. The van der Waals surface area contributed by atoms with Gasteiger partial charge in [-0.15, -0.1) is 0 Å². The molecule has 0 radical (unpaired) electrons. The lowest BCUT2D eigenvalue weighted by atomic mass is 9.43. The van der Waals surface area contributed by atoms with Crippen molar-refractivity contribution in [2.75, 3.05) is 6.61 Å². The van der Waals surface area contributed by atoms with E-state index in [0.717, 1.165) is 31.6 Å². The van der Waals surface area contributed by atoms with Gasteiger partial charge in [0.1, 0.15) is 24.4 Å². The second-order valence-electron chi connectivity index (χ2n) is 15.5. The molecule has 236 valence electrons. The minimum Gasteiger partial charge on any atom is -0.394 e. The van der Waals surface area contributed by atoms with Crippen molar-refractivity contribution >= 4 is 5.78 Å². The molecule has 6 N–H and O–H groups in total. The lowest BCUT2D eigenvalue weighted by Gasteiger charge is -2.61. The van der Waals surface area contributed by atoms with Crippen LogP contribution in [0.2, 0.25) is 0 Å². The summed E-state index contributed by atoms with van der Waals surface area (Å²) in [4.78, 5) is 14.0. The van der Waals surface area contributed by atoms with Crippen molar-refractivity contribution in [1.82, 2.24) is 0 Å². The van der Waals surface area contributed by atoms with E-state index in [-0.39, 0.29) is 34.6 Å². The van der Waals surface area contributed by atoms with E-state index >= 15 is 0 Å². The van der Waals surface area contributed by atoms with Crippen molar-refractivity contribution < 1.29 is 34.7 Å². The number of aliphatic hydroxyl groups excluding tert-OH is 4. The number of ether oxygens (including phenoxy) is 2. The van der Waals surface area contributed by atoms with Gasteiger partial charge in [-0.2, -0.15) is 0 Å². The minimum atomic E-state index is -1.29. The SMILES string of the molecule is CC(C)CCC[C@@H](C)[C@H]1CCC2C3C(O)C(=O)C4CC(O[C@H]5O[C@H](CO)[C@@H](O)[C@H](O)[C@H]5N)CC[C@]4(C)C3CC[C@@]21C. The molecule has 0 amide bonds. The van der Waals surface area contributed by atoms with E-state index in [1.165, 1.54) is 32.1 Å². The molecule has 0 aromatic carbocycles. The lowest BCUT2D eigenvalue weighted by molar-refractivity contribution is -0.284. The van der Waals surface area contributed by atoms with Gasteiger partial charge in [0.2, 0.25) is 0 Å². The average molecular weight is 580 g/mol. The number of hydrogen-bond donors (Lipinski definition) is 5. The highest BCUT2D eigenvalue weighted by Crippen LogP contribution is 2.68. The third-order valence-corrected chi connectivity index (χ3v) is 12.9. The maximum atomic E-state index is 14.0. The van der Waals surface area contributed by atoms with Gasteiger partial charge in [-0.05, 0) is 91.3 Å². The van der Waals surface area contributed by atoms with Crippen molar-refractivity contribution in [2.45, 2.75) is 142 Å². The van der Waals surface area contributed by atoms with Crippen molar-refractivity contribution in [2.24, 2.45) is 58.0 Å². The van der Waals surface area contributed by atoms with Crippen molar-refractivity contribution in [3.63, 3.8) is 0 Å². The maximum absolute atomic E-state index is 14.0. The first-order valence-electron chi connectivity index (χ1n) is 16.6. The molecule has 1 heterocycles. The molecule has 6 unspecified atom stereocenters. The van der Waals surface area contributed by atoms with Crippen LogP contribution in [0.5, 0.6) is 0 Å². The Morgan fingerprint density at radius 2 is 1.66 bits per heavy atom. The Labute approximate surface area is 246 Å². The first-order valence-corrected chi connectivity index (χ1v) is 16.6. The topological polar surface area (TPSA) is 142 Å². The van der Waals surface area contributed by atoms with Gasteiger partial charge in [-0.25, -0.2) is 0 Å². The summed E-state index contributed by atoms with van der Waals surface area (Å²) in [6, 6.07) is -0.961. The lowest BCUT2D eigenvalue weighted by Crippen LogP contribution is -2.64. The van der Waals surface area contributed by atoms with Gasteiger partial charge in [0, 0.05) is 5.92 Å². The molecule has 8 nitrogen and oxygen atoms in total. The summed E-state index contributed by atoms with van der Waals surface area (Å²) in [7, 11) is 0. The molecular weight excluding hydrogens is 522 g/mol. The standard InChI is InChI=1S/C33H57NO7/c1-17(2)7-6-8-18(3)20-9-10-21-25-22(12-14-32(20,21)4)33(5)13-11-19(15-23(33)27(36)29(25)38)40-31-26(34)30(39)28(37)24(16-35)41-31/h17-26,28-31,35,37-39H,6-16,34H2,1-5H3/t18-,19?,20-,21?,22?,23?,24-,25?,26-,28-,29?,30-,31+,32-,33-/m1/s1. The number of carbonyl (C=O) groups is 1. The average Bonchev–Trinajstić information content (AvgIpc) is 3.29. The molecule has 0 aromatic heterocycles. The highest BCUT2D eigenvalue weighted by Gasteiger charge is 2.65. The summed E-state index contributed by atoms with van der Waals surface area (Å²) >= 11 is 0. The van der Waals surface area contributed by atoms with Gasteiger partial charge < -0.3 is 35.6 Å². The minimum absolute atomic E-state index is 0.0303. The number of nitrogens with two attached hydrogens (primary N) is 1. The Hall–Kier alpha value is -0.610. The van der Waals surface area contributed by atoms with Crippen molar-refractivity contribution in [3.05, 3.63) is 0 Å². The van der Waals surface area contributed by atoms with Gasteiger partial charge in [0.05, 0.1) is 18.8 Å². The van der Waals surface area contributed by atoms with Crippen LogP contribution < -0.4 is 5.73 Å². The van der Waals surface area contributed by atoms with E-state index in [4.69, 9.17) is 15.2 Å². The normalized spacial score (nSPS) is 50.8. The number of hydrogen-bond acceptors (Lipinski definition) is 8. The molecule has 4 saturated carbocycles. The summed E-state index contributed by atoms with van der Waals surface area (Å²) in [5, 5.41) is 41.7. The van der Waals surface area contributed by atoms with Gasteiger partial charge in [-0.3, -0.25) is 4.79 Å². The Morgan fingerprint density at radius 3 is 2.34 bits per heavy atom. The Balaban J connectivity index is 1.28. The number of Topliss-reactive ketones (excluding diaryl/α,β-unsaturated/α-hetero) is 1. The van der Waals surface area contributed by atoms with E-state index in [9.17, 15) is 25.2 Å². The van der Waals surface area contributed by atoms with Crippen LogP contribution in [0.4, 0.5) is 0 Å². The second kappa shape index (κ2) is 12.1. The Bertz CT molecular complexity index is 929. The molecule has 0 aromatic rings. The van der Waals surface area contributed by atoms with Crippen LogP contribution in [0.25, 0.3) is 0 Å². The Kier molecular flexibility index (Phi) is 9.35. The maximum Gasteiger partial charge on any atom is 0.176 e. The fourth-order valence-electron chi connectivity index (χ4n) is 10.5. The van der Waals surface area contributed by atoms with E-state index < -0.39 is 43.4 Å². The molecule has 5 rings (SSSR count). The van der Waals surface area contributed by atoms with Crippen LogP contribution in [-0.4, -0.2) is 75.7 Å². The number of rotatable bonds is 8. The molecule has 4 aliphatic carbocycles. The summed E-state index contributed by atoms with van der Waals surface area (Å²) in [5.74, 6) is 2.49. The number of ketones is 1. The van der Waals surface area contributed by atoms with Gasteiger partial charge >= 0.3 is 0 Å². The zero-order valence-electron chi connectivity index (χ0n) is 26.0. The number of carbonyl (C=O) groups excluding carboxylic acids is 1. The molecule has 1 aliphatic heterocycles. The van der Waals surface area contributed by atoms with Crippen LogP contribution in [-0.2, 0) is 14.3 Å². The largest absolute Gasteiger partial charge is 0.394 e. The summed E-state index contributed by atoms with van der Waals surface area (Å²) < 4.78 is 11.9. The number of fused-ring (bicyclic) bond motifs is 5. The van der Waals surface area contributed by atoms with Crippen LogP contribution in [0.3, 0.4) is 0 Å². The van der Waals surface area contributed by atoms with Crippen LogP contribution in [0, 0.1) is 52.3 Å². The fraction of sp³-hybridized carbons (Fsp3) is 0.970. The third-order valence-electron chi connectivity index (χ3n) is 12.9. The zero-order valence-corrected chi connectivity index (χ0v) is 26.0. The van der Waals surface area contributed by atoms with E-state index in [0.29, 0.717) is 30.1 Å². The highest BCUT2D eigenvalue weighted by molar-refractivity contribution is 5.87. The molecule has 0 spiro atoms. The highest BCUT2D eigenvalue weighted by atomic mass is 16.7. The molecule has 5 fully saturated rings. The summed E-state index contributed by atoms with van der Waals surface area (Å²) in [6.07, 6.45) is 4.69. The molecular formula is C33H57NO7. The van der Waals surface area contributed by atoms with Gasteiger partial charge in [0.15, 0.2) is 12.1 Å². The molecule has 1 saturated heterocycles. The quantitative estimate of drug-likeness (QED) is 0.276. The number of aliphatic hydroxyl groups is 4. The molecule has 41 heavy (non-hydrogen) atoms. The van der Waals surface area contributed by atoms with Crippen molar-refractivity contribution in [1.29, 1.82) is 0 Å². The van der Waals surface area contributed by atoms with Crippen LogP contribution in [0.1, 0.15) is 98.8 Å². The second-order valence-corrected chi connectivity index (χ2v) is 15.5. The van der Waals surface area contributed by atoms with E-state index in [1.54, 1.807) is 0 Å². The molecule has 0 bridgehead atoms. The van der Waals surface area contributed by atoms with E-state index in [1.807, 2.05) is 0 Å².